The summed E-state index contributed by atoms with van der Waals surface area (Å²) in [6.07, 6.45) is 0. The number of aromatic nitrogens is 2. The van der Waals surface area contributed by atoms with Gasteiger partial charge in [0.2, 0.25) is 11.9 Å². The van der Waals surface area contributed by atoms with E-state index in [0.29, 0.717) is 22.8 Å². The summed E-state index contributed by atoms with van der Waals surface area (Å²) in [6.45, 7) is 0. The standard InChI is InChI=1S/C25H22N4O3/c1-29-22(15-11-13-16(32-2)14-12-15)21(17-7-3-4-8-18(17)24(29)31)23(30)28-25-26-19-9-5-6-10-20(19)27-25/h3-14,21-22H,1-2H3,(H2,26,27,28,30)/t21-,22+/m1/s1. The van der Waals surface area contributed by atoms with Crippen LogP contribution in [0, 0.1) is 0 Å². The number of imidazole rings is 1. The molecule has 0 aliphatic carbocycles. The van der Waals surface area contributed by atoms with Gasteiger partial charge in [-0.05, 0) is 41.5 Å². The number of H-pyrrole nitrogens is 1. The van der Waals surface area contributed by atoms with Crippen LogP contribution in [0.25, 0.3) is 11.0 Å². The number of methoxy groups -OCH3 is 1. The van der Waals surface area contributed by atoms with Gasteiger partial charge < -0.3 is 14.6 Å². The van der Waals surface area contributed by atoms with Crippen LogP contribution in [-0.2, 0) is 4.79 Å². The number of nitrogens with one attached hydrogen (secondary N) is 2. The Morgan fingerprint density at radius 2 is 1.75 bits per heavy atom. The Morgan fingerprint density at radius 1 is 1.03 bits per heavy atom. The number of hydrogen-bond acceptors (Lipinski definition) is 4. The summed E-state index contributed by atoms with van der Waals surface area (Å²) in [5.41, 5.74) is 3.69. The lowest BCUT2D eigenvalue weighted by Crippen LogP contribution is -2.44. The number of carbonyl (C=O) groups excluding carboxylic acids is 2. The van der Waals surface area contributed by atoms with Gasteiger partial charge in [-0.25, -0.2) is 4.98 Å². The van der Waals surface area contributed by atoms with Gasteiger partial charge in [-0.1, -0.05) is 42.5 Å². The molecule has 160 valence electrons. The molecule has 3 aromatic carbocycles. The number of anilines is 1. The van der Waals surface area contributed by atoms with Gasteiger partial charge in [-0.15, -0.1) is 0 Å². The van der Waals surface area contributed by atoms with Crippen molar-refractivity contribution in [2.24, 2.45) is 0 Å². The van der Waals surface area contributed by atoms with E-state index < -0.39 is 12.0 Å². The molecule has 7 heteroatoms. The van der Waals surface area contributed by atoms with Crippen molar-refractivity contribution in [3.8, 4) is 5.75 Å². The molecule has 2 heterocycles. The number of rotatable bonds is 4. The quantitative estimate of drug-likeness (QED) is 0.514. The summed E-state index contributed by atoms with van der Waals surface area (Å²) in [7, 11) is 3.33. The van der Waals surface area contributed by atoms with Crippen molar-refractivity contribution in [3.63, 3.8) is 0 Å². The molecule has 0 fully saturated rings. The number of likely N-dealkylation sites (N-methyl/N-ethyl adjacent to an activating group) is 1. The van der Waals surface area contributed by atoms with Crippen molar-refractivity contribution in [2.45, 2.75) is 12.0 Å². The van der Waals surface area contributed by atoms with Crippen LogP contribution in [0.5, 0.6) is 5.75 Å². The maximum Gasteiger partial charge on any atom is 0.254 e. The summed E-state index contributed by atoms with van der Waals surface area (Å²) in [5.74, 6) is 0.116. The zero-order valence-corrected chi connectivity index (χ0v) is 17.7. The normalized spacial score (nSPS) is 17.8. The molecule has 0 spiro atoms. The molecular formula is C25H22N4O3. The fraction of sp³-hybridized carbons (Fsp3) is 0.160. The predicted molar refractivity (Wildman–Crippen MR) is 122 cm³/mol. The number of para-hydroxylation sites is 2. The average molecular weight is 426 g/mol. The third-order valence-corrected chi connectivity index (χ3v) is 5.95. The van der Waals surface area contributed by atoms with Gasteiger partial charge >= 0.3 is 0 Å². The number of hydrogen-bond donors (Lipinski definition) is 2. The molecule has 2 N–H and O–H groups in total. The molecule has 0 unspecified atom stereocenters. The van der Waals surface area contributed by atoms with Crippen molar-refractivity contribution in [1.82, 2.24) is 14.9 Å². The Balaban J connectivity index is 1.57. The van der Waals surface area contributed by atoms with Crippen molar-refractivity contribution < 1.29 is 14.3 Å². The lowest BCUT2D eigenvalue weighted by molar-refractivity contribution is -0.119. The van der Waals surface area contributed by atoms with Crippen LogP contribution in [0.2, 0.25) is 0 Å². The number of carbonyl (C=O) groups is 2. The average Bonchev–Trinajstić information content (AvgIpc) is 3.23. The van der Waals surface area contributed by atoms with Crippen LogP contribution in [0.15, 0.2) is 72.8 Å². The molecular weight excluding hydrogens is 404 g/mol. The molecule has 0 saturated heterocycles. The molecule has 0 bridgehead atoms. The third-order valence-electron chi connectivity index (χ3n) is 5.95. The molecule has 1 aliphatic rings. The Kier molecular flexibility index (Phi) is 4.86. The number of nitrogens with zero attached hydrogens (tertiary/aromatic N) is 2. The molecule has 0 saturated carbocycles. The second-order valence-corrected chi connectivity index (χ2v) is 7.79. The van der Waals surface area contributed by atoms with Crippen LogP contribution in [0.4, 0.5) is 5.95 Å². The van der Waals surface area contributed by atoms with Gasteiger partial charge in [-0.3, -0.25) is 14.9 Å². The zero-order valence-electron chi connectivity index (χ0n) is 17.7. The van der Waals surface area contributed by atoms with Crippen molar-refractivity contribution in [2.75, 3.05) is 19.5 Å². The summed E-state index contributed by atoms with van der Waals surface area (Å²) in [5, 5.41) is 2.93. The number of amides is 2. The second kappa shape index (κ2) is 7.85. The number of fused-ring (bicyclic) bond motifs is 2. The highest BCUT2D eigenvalue weighted by molar-refractivity contribution is 6.04. The van der Waals surface area contributed by atoms with Crippen LogP contribution in [0.3, 0.4) is 0 Å². The molecule has 1 aromatic heterocycles. The van der Waals surface area contributed by atoms with Gasteiger partial charge in [-0.2, -0.15) is 0 Å². The topological polar surface area (TPSA) is 87.3 Å². The van der Waals surface area contributed by atoms with E-state index in [2.05, 4.69) is 15.3 Å². The van der Waals surface area contributed by atoms with Crippen LogP contribution in [0.1, 0.15) is 33.4 Å². The van der Waals surface area contributed by atoms with Crippen molar-refractivity contribution in [3.05, 3.63) is 89.5 Å². The Bertz CT molecular complexity index is 1280. The molecule has 2 amide bonds. The van der Waals surface area contributed by atoms with Gasteiger partial charge in [0.05, 0.1) is 30.1 Å². The number of ether oxygens (including phenoxy) is 1. The highest BCUT2D eigenvalue weighted by atomic mass is 16.5. The summed E-state index contributed by atoms with van der Waals surface area (Å²) in [6, 6.07) is 21.8. The highest BCUT2D eigenvalue weighted by Crippen LogP contribution is 2.42. The fourth-order valence-electron chi connectivity index (χ4n) is 4.38. The summed E-state index contributed by atoms with van der Waals surface area (Å²) >= 11 is 0. The predicted octanol–water partition coefficient (Wildman–Crippen LogP) is 4.12. The largest absolute Gasteiger partial charge is 0.497 e. The number of aromatic amines is 1. The molecule has 32 heavy (non-hydrogen) atoms. The first-order chi connectivity index (χ1) is 15.6. The lowest BCUT2D eigenvalue weighted by Gasteiger charge is -2.39. The van der Waals surface area contributed by atoms with E-state index in [4.69, 9.17) is 4.74 Å². The van der Waals surface area contributed by atoms with E-state index in [9.17, 15) is 9.59 Å². The number of benzene rings is 3. The minimum absolute atomic E-state index is 0.116. The van der Waals surface area contributed by atoms with E-state index in [1.54, 1.807) is 25.1 Å². The lowest BCUT2D eigenvalue weighted by atomic mass is 9.79. The van der Waals surface area contributed by atoms with Crippen LogP contribution in [-0.4, -0.2) is 40.8 Å². The van der Waals surface area contributed by atoms with E-state index in [1.807, 2.05) is 66.7 Å². The van der Waals surface area contributed by atoms with Gasteiger partial charge in [0.1, 0.15) is 5.75 Å². The molecule has 5 rings (SSSR count). The van der Waals surface area contributed by atoms with Gasteiger partial charge in [0.25, 0.3) is 5.91 Å². The van der Waals surface area contributed by atoms with E-state index in [-0.39, 0.29) is 11.8 Å². The monoisotopic (exact) mass is 426 g/mol. The van der Waals surface area contributed by atoms with Crippen molar-refractivity contribution >= 4 is 28.8 Å². The summed E-state index contributed by atoms with van der Waals surface area (Å²) < 4.78 is 5.27. The molecule has 0 radical (unpaired) electrons. The third kappa shape index (κ3) is 3.28. The molecule has 4 aromatic rings. The smallest absolute Gasteiger partial charge is 0.254 e. The molecule has 7 nitrogen and oxygen atoms in total. The second-order valence-electron chi connectivity index (χ2n) is 7.79. The van der Waals surface area contributed by atoms with Crippen LogP contribution < -0.4 is 10.1 Å². The highest BCUT2D eigenvalue weighted by Gasteiger charge is 2.42. The molecule has 1 aliphatic heterocycles. The van der Waals surface area contributed by atoms with Crippen LogP contribution >= 0.6 is 0 Å². The van der Waals surface area contributed by atoms with E-state index in [1.165, 1.54) is 0 Å². The van der Waals surface area contributed by atoms with E-state index in [0.717, 1.165) is 16.6 Å². The molecule has 2 atom stereocenters. The van der Waals surface area contributed by atoms with Crippen molar-refractivity contribution in [1.29, 1.82) is 0 Å². The maximum atomic E-state index is 13.6. The maximum absolute atomic E-state index is 13.6. The first-order valence-electron chi connectivity index (χ1n) is 10.3. The Morgan fingerprint density at radius 3 is 2.50 bits per heavy atom. The Labute approximate surface area is 185 Å². The van der Waals surface area contributed by atoms with Gasteiger partial charge in [0.15, 0.2) is 0 Å². The minimum atomic E-state index is -0.615. The summed E-state index contributed by atoms with van der Waals surface area (Å²) in [4.78, 5) is 36.0. The fourth-order valence-corrected chi connectivity index (χ4v) is 4.38. The van der Waals surface area contributed by atoms with E-state index >= 15 is 0 Å². The SMILES string of the molecule is COc1ccc([C@H]2[C@H](C(=O)Nc3nc4ccccc4[nH]3)c3ccccc3C(=O)N2C)cc1. The minimum Gasteiger partial charge on any atom is -0.497 e. The Hall–Kier alpha value is -4.13. The first-order valence-corrected chi connectivity index (χ1v) is 10.3. The first kappa shape index (κ1) is 19.8. The van der Waals surface area contributed by atoms with Gasteiger partial charge in [0, 0.05) is 12.6 Å². The zero-order chi connectivity index (χ0) is 22.2.